The molecule has 1 amide bonds. The number of piperidine rings is 1. The van der Waals surface area contributed by atoms with Crippen LogP contribution in [0.25, 0.3) is 11.4 Å². The molecule has 3 heterocycles. The number of hydrogen-bond donors (Lipinski definition) is 1. The molecule has 176 valence electrons. The molecule has 5 rings (SSSR count). The van der Waals surface area contributed by atoms with Crippen molar-refractivity contribution in [1.82, 2.24) is 19.9 Å². The predicted octanol–water partition coefficient (Wildman–Crippen LogP) is 4.83. The molecule has 3 aromatic rings. The first-order valence-corrected chi connectivity index (χ1v) is 11.3. The first kappa shape index (κ1) is 22.3. The van der Waals surface area contributed by atoms with E-state index in [1.165, 1.54) is 12.1 Å². The molecule has 1 aromatic carbocycles. The summed E-state index contributed by atoms with van der Waals surface area (Å²) in [6.45, 7) is 2.95. The number of aromatic nitrogens is 3. The zero-order valence-electron chi connectivity index (χ0n) is 18.6. The highest BCUT2D eigenvalue weighted by Gasteiger charge is 2.47. The zero-order chi connectivity index (χ0) is 23.9. The molecule has 0 spiro atoms. The Kier molecular flexibility index (Phi) is 5.71. The van der Waals surface area contributed by atoms with E-state index in [2.05, 4.69) is 20.3 Å². The maximum absolute atomic E-state index is 13.5. The lowest BCUT2D eigenvalue weighted by Gasteiger charge is -2.35. The number of likely N-dealkylation sites (tertiary alicyclic amines) is 1. The fraction of sp³-hybridized carbons (Fsp3) is 0.360. The normalized spacial score (nSPS) is 21.6. The van der Waals surface area contributed by atoms with Gasteiger partial charge in [-0.1, -0.05) is 0 Å². The predicted molar refractivity (Wildman–Crippen MR) is 121 cm³/mol. The summed E-state index contributed by atoms with van der Waals surface area (Å²) >= 11 is 0. The minimum absolute atomic E-state index is 0.0720. The van der Waals surface area contributed by atoms with Crippen molar-refractivity contribution in [3.63, 3.8) is 0 Å². The topological polar surface area (TPSA) is 71.0 Å². The van der Waals surface area contributed by atoms with E-state index in [1.54, 1.807) is 24.5 Å². The highest BCUT2D eigenvalue weighted by molar-refractivity contribution is 5.94. The molecule has 9 heteroatoms. The Hall–Kier alpha value is -3.49. The number of hydrogen-bond acceptors (Lipinski definition) is 5. The van der Waals surface area contributed by atoms with E-state index < -0.39 is 11.7 Å². The van der Waals surface area contributed by atoms with Crippen molar-refractivity contribution in [2.45, 2.75) is 32.0 Å². The summed E-state index contributed by atoms with van der Waals surface area (Å²) in [6, 6.07) is 10.2. The molecule has 2 aliphatic rings. The third-order valence-electron chi connectivity index (χ3n) is 6.53. The molecular formula is C25H24F3N5O. The molecule has 1 aliphatic heterocycles. The van der Waals surface area contributed by atoms with Crippen LogP contribution in [-0.2, 0) is 6.18 Å². The van der Waals surface area contributed by atoms with E-state index in [4.69, 9.17) is 0 Å². The van der Waals surface area contributed by atoms with Gasteiger partial charge in [0, 0.05) is 48.5 Å². The Balaban J connectivity index is 1.34. The number of alkyl halides is 3. The lowest BCUT2D eigenvalue weighted by molar-refractivity contribution is -0.137. The van der Waals surface area contributed by atoms with Crippen molar-refractivity contribution in [3.05, 3.63) is 71.8 Å². The molecule has 1 aliphatic carbocycles. The van der Waals surface area contributed by atoms with Crippen LogP contribution in [0.3, 0.4) is 0 Å². The second-order valence-electron chi connectivity index (χ2n) is 9.01. The Morgan fingerprint density at radius 3 is 2.53 bits per heavy atom. The third kappa shape index (κ3) is 4.73. The summed E-state index contributed by atoms with van der Waals surface area (Å²) in [5.41, 5.74) is 1.69. The number of fused-ring (bicyclic) bond motifs is 1. The summed E-state index contributed by atoms with van der Waals surface area (Å²) < 4.78 is 38.5. The van der Waals surface area contributed by atoms with E-state index >= 15 is 0 Å². The Morgan fingerprint density at radius 2 is 1.82 bits per heavy atom. The lowest BCUT2D eigenvalue weighted by atomic mass is 10.0. The molecule has 1 N–H and O–H groups in total. The van der Waals surface area contributed by atoms with E-state index in [-0.39, 0.29) is 11.9 Å². The van der Waals surface area contributed by atoms with Gasteiger partial charge in [-0.2, -0.15) is 13.2 Å². The SMILES string of the molecule is Cc1cc(-c2ncccn2)cc(C(=O)N2C[C@@H]3C[C@@H]3CC2CNc2ccc(C(F)(F)F)cc2)n1. The number of aryl methyl sites for hydroxylation is 1. The molecule has 1 saturated heterocycles. The monoisotopic (exact) mass is 467 g/mol. The molecule has 6 nitrogen and oxygen atoms in total. The van der Waals surface area contributed by atoms with Crippen molar-refractivity contribution in [2.24, 2.45) is 11.8 Å². The molecule has 0 bridgehead atoms. The summed E-state index contributed by atoms with van der Waals surface area (Å²) in [7, 11) is 0. The van der Waals surface area contributed by atoms with Gasteiger partial charge in [0.05, 0.1) is 5.56 Å². The Morgan fingerprint density at radius 1 is 1.09 bits per heavy atom. The maximum Gasteiger partial charge on any atom is 0.416 e. The zero-order valence-corrected chi connectivity index (χ0v) is 18.6. The molecule has 1 saturated carbocycles. The molecule has 2 fully saturated rings. The standard InChI is InChI=1S/C25H24F3N5O/c1-15-9-17(23-29-7-2-8-30-23)12-22(32-15)24(34)33-14-18-10-16(18)11-21(33)13-31-20-5-3-19(4-6-20)25(26,27)28/h2-9,12,16,18,21,31H,10-11,13-14H2,1H3/t16-,18+,21?/m1/s1. The highest BCUT2D eigenvalue weighted by atomic mass is 19.4. The number of nitrogens with zero attached hydrogens (tertiary/aromatic N) is 4. The van der Waals surface area contributed by atoms with Gasteiger partial charge in [0.15, 0.2) is 5.82 Å². The van der Waals surface area contributed by atoms with Crippen LogP contribution in [0.1, 0.15) is 34.6 Å². The number of rotatable bonds is 5. The number of amides is 1. The molecule has 0 radical (unpaired) electrons. The van der Waals surface area contributed by atoms with Crippen LogP contribution in [0.2, 0.25) is 0 Å². The summed E-state index contributed by atoms with van der Waals surface area (Å²) in [5, 5.41) is 3.22. The lowest BCUT2D eigenvalue weighted by Crippen LogP contribution is -2.48. The van der Waals surface area contributed by atoms with Crippen LogP contribution < -0.4 is 5.32 Å². The first-order valence-electron chi connectivity index (χ1n) is 11.3. The first-order chi connectivity index (χ1) is 16.3. The van der Waals surface area contributed by atoms with Crippen LogP contribution in [-0.4, -0.2) is 44.9 Å². The average molecular weight is 467 g/mol. The summed E-state index contributed by atoms with van der Waals surface area (Å²) in [4.78, 5) is 28.4. The van der Waals surface area contributed by atoms with Crippen molar-refractivity contribution >= 4 is 11.6 Å². The largest absolute Gasteiger partial charge is 0.416 e. The van der Waals surface area contributed by atoms with Crippen molar-refractivity contribution < 1.29 is 18.0 Å². The van der Waals surface area contributed by atoms with Crippen molar-refractivity contribution in [1.29, 1.82) is 0 Å². The van der Waals surface area contributed by atoms with Gasteiger partial charge in [-0.15, -0.1) is 0 Å². The molecule has 2 aromatic heterocycles. The Labute approximate surface area is 195 Å². The number of nitrogens with one attached hydrogen (secondary N) is 1. The highest BCUT2D eigenvalue weighted by Crippen LogP contribution is 2.47. The van der Waals surface area contributed by atoms with E-state index in [0.29, 0.717) is 47.8 Å². The molecule has 1 unspecified atom stereocenters. The minimum atomic E-state index is -4.36. The van der Waals surface area contributed by atoms with Crippen LogP contribution >= 0.6 is 0 Å². The van der Waals surface area contributed by atoms with Crippen LogP contribution in [0.15, 0.2) is 54.9 Å². The Bertz CT molecular complexity index is 1180. The van der Waals surface area contributed by atoms with Crippen molar-refractivity contribution in [2.75, 3.05) is 18.4 Å². The second-order valence-corrected chi connectivity index (χ2v) is 9.01. The number of carbonyl (C=O) groups is 1. The van der Waals surface area contributed by atoms with Gasteiger partial charge in [0.1, 0.15) is 5.69 Å². The number of anilines is 1. The second kappa shape index (κ2) is 8.70. The van der Waals surface area contributed by atoms with Gasteiger partial charge < -0.3 is 10.2 Å². The summed E-state index contributed by atoms with van der Waals surface area (Å²) in [6.07, 6.45) is 0.910. The average Bonchev–Trinajstić information content (AvgIpc) is 3.60. The number of pyridine rings is 1. The molecule has 3 atom stereocenters. The molecule has 34 heavy (non-hydrogen) atoms. The number of benzene rings is 1. The van der Waals surface area contributed by atoms with Crippen LogP contribution in [0.5, 0.6) is 0 Å². The fourth-order valence-electron chi connectivity index (χ4n) is 4.66. The van der Waals surface area contributed by atoms with Gasteiger partial charge >= 0.3 is 6.18 Å². The van der Waals surface area contributed by atoms with Gasteiger partial charge in [-0.3, -0.25) is 4.79 Å². The maximum atomic E-state index is 13.5. The minimum Gasteiger partial charge on any atom is -0.383 e. The quantitative estimate of drug-likeness (QED) is 0.582. The van der Waals surface area contributed by atoms with E-state index in [0.717, 1.165) is 30.5 Å². The van der Waals surface area contributed by atoms with E-state index in [9.17, 15) is 18.0 Å². The smallest absolute Gasteiger partial charge is 0.383 e. The summed E-state index contributed by atoms with van der Waals surface area (Å²) in [5.74, 6) is 1.49. The molecular weight excluding hydrogens is 443 g/mol. The van der Waals surface area contributed by atoms with Gasteiger partial charge in [-0.25, -0.2) is 15.0 Å². The van der Waals surface area contributed by atoms with Gasteiger partial charge in [0.2, 0.25) is 0 Å². The van der Waals surface area contributed by atoms with E-state index in [1.807, 2.05) is 17.9 Å². The fourth-order valence-corrected chi connectivity index (χ4v) is 4.66. The van der Waals surface area contributed by atoms with Crippen molar-refractivity contribution in [3.8, 4) is 11.4 Å². The third-order valence-corrected chi connectivity index (χ3v) is 6.53. The number of halogens is 3. The van der Waals surface area contributed by atoms with Crippen LogP contribution in [0, 0.1) is 18.8 Å². The van der Waals surface area contributed by atoms with Crippen LogP contribution in [0.4, 0.5) is 18.9 Å². The van der Waals surface area contributed by atoms with Gasteiger partial charge in [-0.05, 0) is 74.1 Å². The number of carbonyl (C=O) groups excluding carboxylic acids is 1. The van der Waals surface area contributed by atoms with Gasteiger partial charge in [0.25, 0.3) is 5.91 Å².